The largest absolute Gasteiger partial charge is 0.475 e. The summed E-state index contributed by atoms with van der Waals surface area (Å²) >= 11 is 0. The average Bonchev–Trinajstić information content (AvgIpc) is 3.43. The molecular weight excluding hydrogens is 536 g/mol. The van der Waals surface area contributed by atoms with E-state index >= 15 is 0 Å². The Bertz CT molecular complexity index is 1590. The van der Waals surface area contributed by atoms with Crippen LogP contribution < -0.4 is 14.5 Å². The summed E-state index contributed by atoms with van der Waals surface area (Å²) in [4.78, 5) is 26.6. The van der Waals surface area contributed by atoms with Crippen molar-refractivity contribution < 1.29 is 9.53 Å². The third-order valence-electron chi connectivity index (χ3n) is 9.65. The van der Waals surface area contributed by atoms with E-state index in [1.807, 2.05) is 4.90 Å². The minimum absolute atomic E-state index is 0.0197. The van der Waals surface area contributed by atoms with E-state index in [1.54, 1.807) is 0 Å². The van der Waals surface area contributed by atoms with Crippen LogP contribution in [-0.2, 0) is 17.8 Å². The van der Waals surface area contributed by atoms with Gasteiger partial charge in [0.25, 0.3) is 0 Å². The van der Waals surface area contributed by atoms with Crippen molar-refractivity contribution in [1.82, 2.24) is 14.8 Å². The number of rotatable bonds is 6. The van der Waals surface area contributed by atoms with Gasteiger partial charge in [-0.25, -0.2) is 4.98 Å². The van der Waals surface area contributed by atoms with Crippen LogP contribution in [0.2, 0.25) is 0 Å². The normalized spacial score (nSPS) is 22.4. The summed E-state index contributed by atoms with van der Waals surface area (Å²) in [5.74, 6) is 0.374. The lowest BCUT2D eigenvalue weighted by molar-refractivity contribution is -0.128. The van der Waals surface area contributed by atoms with Crippen molar-refractivity contribution >= 4 is 28.1 Å². The van der Waals surface area contributed by atoms with Gasteiger partial charge in [-0.3, -0.25) is 4.79 Å². The fourth-order valence-electron chi connectivity index (χ4n) is 7.26. The summed E-state index contributed by atoms with van der Waals surface area (Å²) in [7, 11) is 2.13. The van der Waals surface area contributed by atoms with Gasteiger partial charge in [-0.15, -0.1) is 0 Å². The van der Waals surface area contributed by atoms with Crippen molar-refractivity contribution in [3.05, 3.63) is 71.4 Å². The maximum absolute atomic E-state index is 12.6. The van der Waals surface area contributed by atoms with Crippen LogP contribution in [0.15, 0.2) is 49.1 Å². The van der Waals surface area contributed by atoms with E-state index in [1.165, 1.54) is 28.1 Å². The number of aromatic nitrogens is 1. The Balaban J connectivity index is 1.42. The molecule has 224 valence electrons. The molecule has 2 fully saturated rings. The number of likely N-dealkylation sites (N-methyl/N-ethyl adjacent to an activating group) is 1. The first-order chi connectivity index (χ1) is 20.8. The number of aryl methyl sites for hydroxylation is 1. The standard InChI is InChI=1S/C35H42N6O2/c1-6-32(42)40-19-25(4)41(20-24(40)3)34-28-15-17-39(31-14-8-12-26-11-7-10-23(2)33(26)31)21-30(28)37-35(29(34)18-36)43-22-27-13-9-16-38(27)5/h6-8,10-12,14,24-25,27H,1,9,13,15-17,19-22H2,2-5H3/t24-,25+,27?/m1/s1. The Morgan fingerprint density at radius 1 is 1.16 bits per heavy atom. The highest BCUT2D eigenvalue weighted by Gasteiger charge is 2.37. The first-order valence-corrected chi connectivity index (χ1v) is 15.5. The maximum atomic E-state index is 12.6. The number of benzene rings is 2. The molecule has 43 heavy (non-hydrogen) atoms. The van der Waals surface area contributed by atoms with E-state index in [0.717, 1.165) is 49.3 Å². The van der Waals surface area contributed by atoms with Crippen LogP contribution in [0.1, 0.15) is 49.1 Å². The highest BCUT2D eigenvalue weighted by atomic mass is 16.5. The molecule has 3 aliphatic heterocycles. The predicted octanol–water partition coefficient (Wildman–Crippen LogP) is 5.06. The quantitative estimate of drug-likeness (QED) is 0.379. The van der Waals surface area contributed by atoms with Crippen molar-refractivity contribution in [2.75, 3.05) is 49.6 Å². The summed E-state index contributed by atoms with van der Waals surface area (Å²) < 4.78 is 6.45. The van der Waals surface area contributed by atoms with Gasteiger partial charge >= 0.3 is 0 Å². The molecule has 1 aromatic heterocycles. The molecule has 8 heteroatoms. The first-order valence-electron chi connectivity index (χ1n) is 15.5. The van der Waals surface area contributed by atoms with Crippen LogP contribution in [0, 0.1) is 18.3 Å². The zero-order valence-corrected chi connectivity index (χ0v) is 25.8. The Morgan fingerprint density at radius 2 is 1.95 bits per heavy atom. The first kappa shape index (κ1) is 29.0. The second-order valence-electron chi connectivity index (χ2n) is 12.4. The van der Waals surface area contributed by atoms with Gasteiger partial charge in [-0.05, 0) is 76.7 Å². The number of anilines is 2. The zero-order valence-electron chi connectivity index (χ0n) is 25.8. The van der Waals surface area contributed by atoms with Gasteiger partial charge in [0.05, 0.1) is 17.9 Å². The maximum Gasteiger partial charge on any atom is 0.246 e. The minimum atomic E-state index is -0.0537. The second kappa shape index (κ2) is 11.9. The molecule has 3 aromatic rings. The topological polar surface area (TPSA) is 75.9 Å². The number of carbonyl (C=O) groups is 1. The number of hydrogen-bond acceptors (Lipinski definition) is 7. The fraction of sp³-hybridized carbons (Fsp3) is 0.457. The summed E-state index contributed by atoms with van der Waals surface area (Å²) in [6.45, 7) is 14.3. The molecule has 1 amide bonds. The van der Waals surface area contributed by atoms with Gasteiger partial charge in [-0.1, -0.05) is 36.9 Å². The molecule has 0 N–H and O–H groups in total. The summed E-state index contributed by atoms with van der Waals surface area (Å²) in [6, 6.07) is 15.8. The van der Waals surface area contributed by atoms with Crippen molar-refractivity contribution in [3.63, 3.8) is 0 Å². The number of nitrogens with zero attached hydrogens (tertiary/aromatic N) is 6. The van der Waals surface area contributed by atoms with Crippen molar-refractivity contribution in [2.24, 2.45) is 0 Å². The van der Waals surface area contributed by atoms with Crippen LogP contribution in [-0.4, -0.2) is 78.7 Å². The molecule has 3 atom stereocenters. The Labute approximate surface area is 255 Å². The zero-order chi connectivity index (χ0) is 30.2. The van der Waals surface area contributed by atoms with Gasteiger partial charge in [0.1, 0.15) is 18.2 Å². The molecule has 1 unspecified atom stereocenters. The Kier molecular flexibility index (Phi) is 8.02. The SMILES string of the molecule is C=CC(=O)N1C[C@H](C)N(c2c(C#N)c(OCC3CCCN3C)nc3c2CCN(c2cccc4cccc(C)c24)C3)C[C@H]1C. The van der Waals surface area contributed by atoms with Crippen LogP contribution in [0.25, 0.3) is 10.8 Å². The number of nitriles is 1. The molecule has 2 aromatic carbocycles. The number of hydrogen-bond donors (Lipinski definition) is 0. The van der Waals surface area contributed by atoms with Crippen molar-refractivity contribution in [2.45, 2.75) is 64.7 Å². The van der Waals surface area contributed by atoms with E-state index in [4.69, 9.17) is 9.72 Å². The lowest BCUT2D eigenvalue weighted by atomic mass is 9.95. The molecule has 0 saturated carbocycles. The molecule has 2 saturated heterocycles. The molecule has 4 heterocycles. The number of fused-ring (bicyclic) bond motifs is 2. The Hall–Kier alpha value is -4.09. The number of pyridine rings is 1. The predicted molar refractivity (Wildman–Crippen MR) is 172 cm³/mol. The lowest BCUT2D eigenvalue weighted by Crippen LogP contribution is -2.58. The molecule has 0 aliphatic carbocycles. The smallest absolute Gasteiger partial charge is 0.246 e. The number of ether oxygens (including phenoxy) is 1. The summed E-state index contributed by atoms with van der Waals surface area (Å²) in [5.41, 5.74) is 5.99. The van der Waals surface area contributed by atoms with Crippen LogP contribution >= 0.6 is 0 Å². The molecular formula is C35H42N6O2. The van der Waals surface area contributed by atoms with Crippen molar-refractivity contribution in [1.29, 1.82) is 5.26 Å². The molecule has 0 bridgehead atoms. The monoisotopic (exact) mass is 578 g/mol. The highest BCUT2D eigenvalue weighted by Crippen LogP contribution is 2.41. The van der Waals surface area contributed by atoms with Gasteiger partial charge in [0.2, 0.25) is 11.8 Å². The third-order valence-corrected chi connectivity index (χ3v) is 9.65. The lowest BCUT2D eigenvalue weighted by Gasteiger charge is -2.46. The van der Waals surface area contributed by atoms with Gasteiger partial charge < -0.3 is 24.3 Å². The van der Waals surface area contributed by atoms with Crippen molar-refractivity contribution in [3.8, 4) is 11.9 Å². The molecule has 0 radical (unpaired) electrons. The fourth-order valence-corrected chi connectivity index (χ4v) is 7.26. The van der Waals surface area contributed by atoms with Gasteiger partial charge in [0, 0.05) is 54.4 Å². The molecule has 3 aliphatic rings. The molecule has 0 spiro atoms. The van der Waals surface area contributed by atoms with E-state index in [9.17, 15) is 10.1 Å². The highest BCUT2D eigenvalue weighted by molar-refractivity contribution is 5.97. The van der Waals surface area contributed by atoms with Crippen LogP contribution in [0.5, 0.6) is 5.88 Å². The average molecular weight is 579 g/mol. The molecule has 6 rings (SSSR count). The van der Waals surface area contributed by atoms with E-state index in [2.05, 4.69) is 91.6 Å². The third kappa shape index (κ3) is 5.31. The van der Waals surface area contributed by atoms with Gasteiger partial charge in [-0.2, -0.15) is 5.26 Å². The number of carbonyl (C=O) groups excluding carboxylic acids is 1. The van der Waals surface area contributed by atoms with E-state index in [-0.39, 0.29) is 18.0 Å². The summed E-state index contributed by atoms with van der Waals surface area (Å²) in [5, 5.41) is 13.1. The second-order valence-corrected chi connectivity index (χ2v) is 12.4. The number of amides is 1. The Morgan fingerprint density at radius 3 is 2.67 bits per heavy atom. The van der Waals surface area contributed by atoms with Crippen LogP contribution in [0.3, 0.4) is 0 Å². The minimum Gasteiger partial charge on any atom is -0.475 e. The number of likely N-dealkylation sites (tertiary alicyclic amines) is 1. The van der Waals surface area contributed by atoms with E-state index in [0.29, 0.717) is 43.7 Å². The van der Waals surface area contributed by atoms with E-state index < -0.39 is 0 Å². The number of piperazine rings is 1. The molecule has 8 nitrogen and oxygen atoms in total. The van der Waals surface area contributed by atoms with Gasteiger partial charge in [0.15, 0.2) is 0 Å². The summed E-state index contributed by atoms with van der Waals surface area (Å²) in [6.07, 6.45) is 4.40. The van der Waals surface area contributed by atoms with Crippen LogP contribution in [0.4, 0.5) is 11.4 Å².